The van der Waals surface area contributed by atoms with E-state index in [4.69, 9.17) is 5.73 Å². The minimum atomic E-state index is -0.569. The molecule has 0 heterocycles. The number of nitrogens with two attached hydrogens (primary N) is 1. The van der Waals surface area contributed by atoms with Crippen molar-refractivity contribution in [2.75, 3.05) is 34.2 Å². The second kappa shape index (κ2) is 6.23. The molecule has 0 radical (unpaired) electrons. The first-order valence-corrected chi connectivity index (χ1v) is 8.21. The van der Waals surface area contributed by atoms with Crippen LogP contribution in [0.3, 0.4) is 0 Å². The summed E-state index contributed by atoms with van der Waals surface area (Å²) in [6.07, 6.45) is 6.99. The third-order valence-corrected chi connectivity index (χ3v) is 5.43. The van der Waals surface area contributed by atoms with Crippen LogP contribution in [-0.2, 0) is 4.79 Å². The van der Waals surface area contributed by atoms with Crippen LogP contribution in [0.4, 0.5) is 0 Å². The standard InChI is InChI=1S/C16H32N4O/c1-15(14(17)21,18-13-6-7-13)10-11-20(4)12-16(19(2)3)8-5-9-16/h13,18H,5-12H2,1-4H3,(H2,17,21). The lowest BCUT2D eigenvalue weighted by molar-refractivity contribution is -0.124. The number of carbonyl (C=O) groups is 1. The first-order valence-electron chi connectivity index (χ1n) is 8.21. The molecular weight excluding hydrogens is 264 g/mol. The molecule has 2 rings (SSSR count). The third kappa shape index (κ3) is 3.96. The zero-order chi connectivity index (χ0) is 15.7. The van der Waals surface area contributed by atoms with Crippen LogP contribution in [0.5, 0.6) is 0 Å². The third-order valence-electron chi connectivity index (χ3n) is 5.43. The molecule has 3 N–H and O–H groups in total. The fourth-order valence-corrected chi connectivity index (χ4v) is 3.27. The van der Waals surface area contributed by atoms with Gasteiger partial charge in [0.05, 0.1) is 5.54 Å². The highest BCUT2D eigenvalue weighted by atomic mass is 16.1. The van der Waals surface area contributed by atoms with Gasteiger partial charge in [-0.25, -0.2) is 0 Å². The summed E-state index contributed by atoms with van der Waals surface area (Å²) in [5.74, 6) is -0.228. The smallest absolute Gasteiger partial charge is 0.237 e. The molecule has 0 aliphatic heterocycles. The Kier molecular flexibility index (Phi) is 4.96. The highest BCUT2D eigenvalue weighted by Crippen LogP contribution is 2.36. The highest BCUT2D eigenvalue weighted by Gasteiger charge is 2.41. The van der Waals surface area contributed by atoms with E-state index in [2.05, 4.69) is 36.3 Å². The number of nitrogens with one attached hydrogen (secondary N) is 1. The van der Waals surface area contributed by atoms with Gasteiger partial charge in [0, 0.05) is 24.7 Å². The predicted molar refractivity (Wildman–Crippen MR) is 86.1 cm³/mol. The van der Waals surface area contributed by atoms with Gasteiger partial charge in [0.15, 0.2) is 0 Å². The fourth-order valence-electron chi connectivity index (χ4n) is 3.27. The molecule has 0 aromatic carbocycles. The quantitative estimate of drug-likeness (QED) is 0.660. The van der Waals surface area contributed by atoms with Crippen LogP contribution in [0.25, 0.3) is 0 Å². The number of primary amides is 1. The maximum atomic E-state index is 11.8. The second-order valence-electron chi connectivity index (χ2n) is 7.58. The molecular formula is C16H32N4O. The molecule has 0 aromatic rings. The maximum absolute atomic E-state index is 11.8. The van der Waals surface area contributed by atoms with Crippen molar-refractivity contribution in [3.8, 4) is 0 Å². The van der Waals surface area contributed by atoms with Crippen LogP contribution in [0, 0.1) is 0 Å². The van der Waals surface area contributed by atoms with E-state index in [1.165, 1.54) is 32.1 Å². The van der Waals surface area contributed by atoms with Crippen molar-refractivity contribution >= 4 is 5.91 Å². The van der Waals surface area contributed by atoms with Gasteiger partial charge in [-0.1, -0.05) is 0 Å². The lowest BCUT2D eigenvalue weighted by Crippen LogP contribution is -2.58. The van der Waals surface area contributed by atoms with E-state index >= 15 is 0 Å². The molecule has 0 bridgehead atoms. The van der Waals surface area contributed by atoms with Crippen molar-refractivity contribution in [2.24, 2.45) is 5.73 Å². The summed E-state index contributed by atoms with van der Waals surface area (Å²) in [7, 11) is 6.51. The summed E-state index contributed by atoms with van der Waals surface area (Å²) in [5, 5.41) is 3.42. The molecule has 2 aliphatic rings. The molecule has 0 spiro atoms. The minimum absolute atomic E-state index is 0.228. The van der Waals surface area contributed by atoms with Crippen molar-refractivity contribution < 1.29 is 4.79 Å². The Morgan fingerprint density at radius 3 is 2.33 bits per heavy atom. The van der Waals surface area contributed by atoms with Gasteiger partial charge in [0.1, 0.15) is 0 Å². The summed E-state index contributed by atoms with van der Waals surface area (Å²) in [6, 6.07) is 0.493. The molecule has 0 saturated heterocycles. The molecule has 5 heteroatoms. The van der Waals surface area contributed by atoms with Crippen molar-refractivity contribution in [1.82, 2.24) is 15.1 Å². The van der Waals surface area contributed by atoms with Crippen molar-refractivity contribution in [2.45, 2.75) is 62.6 Å². The van der Waals surface area contributed by atoms with Crippen molar-refractivity contribution in [1.29, 1.82) is 0 Å². The molecule has 1 atom stereocenters. The van der Waals surface area contributed by atoms with Crippen LogP contribution >= 0.6 is 0 Å². The maximum Gasteiger partial charge on any atom is 0.237 e. The number of amides is 1. The molecule has 1 amide bonds. The molecule has 21 heavy (non-hydrogen) atoms. The summed E-state index contributed by atoms with van der Waals surface area (Å²) < 4.78 is 0. The lowest BCUT2D eigenvalue weighted by Gasteiger charge is -2.49. The van der Waals surface area contributed by atoms with E-state index in [1.807, 2.05) is 6.92 Å². The number of likely N-dealkylation sites (N-methyl/N-ethyl adjacent to an activating group) is 2. The average Bonchev–Trinajstić information content (AvgIpc) is 3.14. The van der Waals surface area contributed by atoms with Gasteiger partial charge in [0.2, 0.25) is 5.91 Å². The molecule has 0 aromatic heterocycles. The van der Waals surface area contributed by atoms with Gasteiger partial charge in [-0.3, -0.25) is 4.79 Å². The van der Waals surface area contributed by atoms with Gasteiger partial charge in [-0.05, 0) is 66.6 Å². The Balaban J connectivity index is 1.83. The Morgan fingerprint density at radius 1 is 1.33 bits per heavy atom. The highest BCUT2D eigenvalue weighted by molar-refractivity contribution is 5.84. The first-order chi connectivity index (χ1) is 9.77. The number of carbonyl (C=O) groups excluding carboxylic acids is 1. The SMILES string of the molecule is CN(CCC(C)(NC1CC1)C(N)=O)CC1(N(C)C)CCC1. The van der Waals surface area contributed by atoms with Gasteiger partial charge >= 0.3 is 0 Å². The van der Waals surface area contributed by atoms with E-state index in [1.54, 1.807) is 0 Å². The Bertz CT molecular complexity index is 376. The van der Waals surface area contributed by atoms with Crippen LogP contribution in [0.1, 0.15) is 45.4 Å². The van der Waals surface area contributed by atoms with Gasteiger partial charge in [-0.15, -0.1) is 0 Å². The summed E-state index contributed by atoms with van der Waals surface area (Å²) in [6.45, 7) is 3.92. The molecule has 1 unspecified atom stereocenters. The number of hydrogen-bond acceptors (Lipinski definition) is 4. The van der Waals surface area contributed by atoms with Crippen LogP contribution in [0.15, 0.2) is 0 Å². The van der Waals surface area contributed by atoms with E-state index in [0.717, 1.165) is 19.5 Å². The van der Waals surface area contributed by atoms with Crippen LogP contribution < -0.4 is 11.1 Å². The normalized spacial score (nSPS) is 23.9. The van der Waals surface area contributed by atoms with E-state index in [9.17, 15) is 4.79 Å². The number of rotatable bonds is 9. The topological polar surface area (TPSA) is 61.6 Å². The van der Waals surface area contributed by atoms with E-state index in [-0.39, 0.29) is 5.91 Å². The average molecular weight is 296 g/mol. The first kappa shape index (κ1) is 16.7. The zero-order valence-corrected chi connectivity index (χ0v) is 14.1. The largest absolute Gasteiger partial charge is 0.368 e. The van der Waals surface area contributed by atoms with Crippen molar-refractivity contribution in [3.05, 3.63) is 0 Å². The minimum Gasteiger partial charge on any atom is -0.368 e. The fraction of sp³-hybridized carbons (Fsp3) is 0.938. The molecule has 122 valence electrons. The molecule has 2 aliphatic carbocycles. The summed E-state index contributed by atoms with van der Waals surface area (Å²) >= 11 is 0. The van der Waals surface area contributed by atoms with Gasteiger partial charge in [0.25, 0.3) is 0 Å². The van der Waals surface area contributed by atoms with Crippen LogP contribution in [0.2, 0.25) is 0 Å². The lowest BCUT2D eigenvalue weighted by atomic mass is 9.75. The number of hydrogen-bond donors (Lipinski definition) is 2. The van der Waals surface area contributed by atoms with Gasteiger partial charge in [-0.2, -0.15) is 0 Å². The summed E-state index contributed by atoms with van der Waals surface area (Å²) in [4.78, 5) is 16.5. The van der Waals surface area contributed by atoms with E-state index in [0.29, 0.717) is 11.6 Å². The Morgan fingerprint density at radius 2 is 1.95 bits per heavy atom. The monoisotopic (exact) mass is 296 g/mol. The van der Waals surface area contributed by atoms with E-state index < -0.39 is 5.54 Å². The zero-order valence-electron chi connectivity index (χ0n) is 14.1. The molecule has 2 fully saturated rings. The predicted octanol–water partition coefficient (Wildman–Crippen LogP) is 0.789. The number of nitrogens with zero attached hydrogens (tertiary/aromatic N) is 2. The summed E-state index contributed by atoms with van der Waals surface area (Å²) in [5.41, 5.74) is 5.38. The van der Waals surface area contributed by atoms with Crippen LogP contribution in [-0.4, -0.2) is 67.1 Å². The van der Waals surface area contributed by atoms with Crippen molar-refractivity contribution in [3.63, 3.8) is 0 Å². The Hall–Kier alpha value is -0.650. The molecule has 5 nitrogen and oxygen atoms in total. The molecule has 2 saturated carbocycles. The Labute approximate surface area is 129 Å². The second-order valence-corrected chi connectivity index (χ2v) is 7.58. The van der Waals surface area contributed by atoms with Gasteiger partial charge < -0.3 is 20.9 Å².